The van der Waals surface area contributed by atoms with E-state index in [0.717, 1.165) is 0 Å². The van der Waals surface area contributed by atoms with Crippen LogP contribution in [0, 0.1) is 23.5 Å². The molecule has 1 aliphatic rings. The summed E-state index contributed by atoms with van der Waals surface area (Å²) in [6.45, 7) is 0.244. The summed E-state index contributed by atoms with van der Waals surface area (Å²) in [6, 6.07) is 4.30. The molecule has 1 aromatic heterocycles. The second-order valence-corrected chi connectivity index (χ2v) is 5.10. The topological polar surface area (TPSA) is 34.2 Å². The second kappa shape index (κ2) is 5.64. The van der Waals surface area contributed by atoms with Crippen LogP contribution in [0.1, 0.15) is 18.0 Å². The van der Waals surface area contributed by atoms with Gasteiger partial charge in [0.1, 0.15) is 11.4 Å². The average Bonchev–Trinajstić information content (AvgIpc) is 2.50. The normalized spacial score (nSPS) is 16.9. The van der Waals surface area contributed by atoms with Gasteiger partial charge >= 0.3 is 0 Å². The van der Waals surface area contributed by atoms with Crippen LogP contribution in [0.4, 0.5) is 23.2 Å². The van der Waals surface area contributed by atoms with E-state index in [1.165, 1.54) is 0 Å². The Balaban J connectivity index is 2.01. The first kappa shape index (κ1) is 14.9. The molecule has 1 unspecified atom stereocenters. The number of fused-ring (bicyclic) bond motifs is 1. The Labute approximate surface area is 127 Å². The third-order valence-electron chi connectivity index (χ3n) is 3.34. The standard InChI is InChI=1S/C14H9ClF4N2O/c15-7-3-1-2-6-8(4-5-22-12(6)7)20-11-9(16)13(18)21-14(19)10(11)17/h1-3,8H,4-5H2,(H,20,21). The molecule has 3 nitrogen and oxygen atoms in total. The van der Waals surface area contributed by atoms with Crippen LogP contribution in [0.15, 0.2) is 18.2 Å². The van der Waals surface area contributed by atoms with Gasteiger partial charge in [-0.1, -0.05) is 23.7 Å². The van der Waals surface area contributed by atoms with Crippen molar-refractivity contribution in [3.8, 4) is 5.75 Å². The van der Waals surface area contributed by atoms with Crippen LogP contribution < -0.4 is 10.1 Å². The highest BCUT2D eigenvalue weighted by Gasteiger charge is 2.27. The number of anilines is 1. The number of halogens is 5. The number of pyridine rings is 1. The molecule has 0 radical (unpaired) electrons. The molecule has 2 aromatic rings. The number of hydrogen-bond donors (Lipinski definition) is 1. The van der Waals surface area contributed by atoms with E-state index >= 15 is 0 Å². The van der Waals surface area contributed by atoms with Crippen molar-refractivity contribution >= 4 is 17.3 Å². The molecule has 1 N–H and O–H groups in total. The predicted molar refractivity (Wildman–Crippen MR) is 72.0 cm³/mol. The number of benzene rings is 1. The highest BCUT2D eigenvalue weighted by atomic mass is 35.5. The van der Waals surface area contributed by atoms with E-state index in [0.29, 0.717) is 22.8 Å². The summed E-state index contributed by atoms with van der Waals surface area (Å²) in [7, 11) is 0. The monoisotopic (exact) mass is 332 g/mol. The zero-order valence-corrected chi connectivity index (χ0v) is 11.7. The molecule has 8 heteroatoms. The highest BCUT2D eigenvalue weighted by molar-refractivity contribution is 6.32. The third kappa shape index (κ3) is 2.45. The van der Waals surface area contributed by atoms with Crippen LogP contribution in [0.2, 0.25) is 5.02 Å². The highest BCUT2D eigenvalue weighted by Crippen LogP contribution is 2.39. The minimum atomic E-state index is -1.71. The fourth-order valence-electron chi connectivity index (χ4n) is 2.32. The number of nitrogens with one attached hydrogen (secondary N) is 1. The fourth-order valence-corrected chi connectivity index (χ4v) is 2.56. The minimum absolute atomic E-state index is 0.244. The quantitative estimate of drug-likeness (QED) is 0.660. The first-order valence-electron chi connectivity index (χ1n) is 6.36. The molecule has 0 aliphatic carbocycles. The lowest BCUT2D eigenvalue weighted by molar-refractivity contribution is 0.274. The van der Waals surface area contributed by atoms with Gasteiger partial charge in [-0.15, -0.1) is 0 Å². The van der Waals surface area contributed by atoms with Gasteiger partial charge in [0, 0.05) is 12.0 Å². The van der Waals surface area contributed by atoms with Crippen LogP contribution in [0.5, 0.6) is 5.75 Å². The molecular weight excluding hydrogens is 324 g/mol. The number of rotatable bonds is 2. The van der Waals surface area contributed by atoms with Crippen molar-refractivity contribution in [1.82, 2.24) is 4.98 Å². The first-order chi connectivity index (χ1) is 10.5. The van der Waals surface area contributed by atoms with Gasteiger partial charge in [-0.2, -0.15) is 22.5 Å². The van der Waals surface area contributed by atoms with E-state index in [4.69, 9.17) is 16.3 Å². The van der Waals surface area contributed by atoms with E-state index in [1.54, 1.807) is 18.2 Å². The van der Waals surface area contributed by atoms with E-state index in [1.807, 2.05) is 0 Å². The van der Waals surface area contributed by atoms with Gasteiger partial charge in [-0.25, -0.2) is 0 Å². The number of ether oxygens (including phenoxy) is 1. The van der Waals surface area contributed by atoms with Gasteiger partial charge in [-0.05, 0) is 6.07 Å². The molecule has 0 spiro atoms. The van der Waals surface area contributed by atoms with Gasteiger partial charge in [0.2, 0.25) is 11.6 Å². The molecule has 0 bridgehead atoms. The van der Waals surface area contributed by atoms with Crippen molar-refractivity contribution in [3.63, 3.8) is 0 Å². The van der Waals surface area contributed by atoms with Crippen molar-refractivity contribution in [1.29, 1.82) is 0 Å². The van der Waals surface area contributed by atoms with Crippen LogP contribution in [0.25, 0.3) is 0 Å². The van der Waals surface area contributed by atoms with Gasteiger partial charge in [-0.3, -0.25) is 0 Å². The van der Waals surface area contributed by atoms with Gasteiger partial charge in [0.15, 0.2) is 0 Å². The maximum atomic E-state index is 13.7. The molecule has 1 atom stereocenters. The number of hydrogen-bond acceptors (Lipinski definition) is 3. The van der Waals surface area contributed by atoms with Crippen LogP contribution in [-0.4, -0.2) is 11.6 Å². The zero-order chi connectivity index (χ0) is 15.9. The second-order valence-electron chi connectivity index (χ2n) is 4.69. The molecule has 116 valence electrons. The van der Waals surface area contributed by atoms with E-state index < -0.39 is 35.3 Å². The summed E-state index contributed by atoms with van der Waals surface area (Å²) >= 11 is 5.99. The Morgan fingerprint density at radius 1 is 1.14 bits per heavy atom. The molecule has 2 heterocycles. The summed E-state index contributed by atoms with van der Waals surface area (Å²) in [5, 5.41) is 2.82. The maximum Gasteiger partial charge on any atom is 0.253 e. The fraction of sp³-hybridized carbons (Fsp3) is 0.214. The molecule has 0 fully saturated rings. The lowest BCUT2D eigenvalue weighted by Gasteiger charge is -2.28. The van der Waals surface area contributed by atoms with Gasteiger partial charge in [0.05, 0.1) is 17.7 Å². The smallest absolute Gasteiger partial charge is 0.253 e. The lowest BCUT2D eigenvalue weighted by atomic mass is 10.00. The Kier molecular flexibility index (Phi) is 3.82. The Bertz CT molecular complexity index is 715. The van der Waals surface area contributed by atoms with Gasteiger partial charge in [0.25, 0.3) is 11.9 Å². The van der Waals surface area contributed by atoms with E-state index in [9.17, 15) is 17.6 Å². The summed E-state index contributed by atoms with van der Waals surface area (Å²) in [5.41, 5.74) is -0.349. The van der Waals surface area contributed by atoms with E-state index in [2.05, 4.69) is 10.3 Å². The number of aromatic nitrogens is 1. The van der Waals surface area contributed by atoms with Crippen molar-refractivity contribution in [3.05, 3.63) is 52.3 Å². The Morgan fingerprint density at radius 3 is 2.50 bits per heavy atom. The molecule has 1 aromatic carbocycles. The van der Waals surface area contributed by atoms with Crippen molar-refractivity contribution < 1.29 is 22.3 Å². The molecule has 0 saturated heterocycles. The third-order valence-corrected chi connectivity index (χ3v) is 3.64. The first-order valence-corrected chi connectivity index (χ1v) is 6.74. The molecule has 22 heavy (non-hydrogen) atoms. The summed E-state index contributed by atoms with van der Waals surface area (Å²) in [5.74, 6) is -6.19. The van der Waals surface area contributed by atoms with Crippen molar-refractivity contribution in [2.24, 2.45) is 0 Å². The Hall–Kier alpha value is -2.02. The van der Waals surface area contributed by atoms with Crippen molar-refractivity contribution in [2.75, 3.05) is 11.9 Å². The van der Waals surface area contributed by atoms with Crippen LogP contribution >= 0.6 is 11.6 Å². The average molecular weight is 333 g/mol. The van der Waals surface area contributed by atoms with Crippen LogP contribution in [-0.2, 0) is 0 Å². The Morgan fingerprint density at radius 2 is 1.82 bits per heavy atom. The van der Waals surface area contributed by atoms with Gasteiger partial charge < -0.3 is 10.1 Å². The zero-order valence-electron chi connectivity index (χ0n) is 11.0. The molecular formula is C14H9ClF4N2O. The van der Waals surface area contributed by atoms with Crippen LogP contribution in [0.3, 0.4) is 0 Å². The molecule has 3 rings (SSSR count). The SMILES string of the molecule is Fc1nc(F)c(F)c(NC2CCOc3c(Cl)cccc32)c1F. The molecule has 0 saturated carbocycles. The molecule has 0 amide bonds. The lowest BCUT2D eigenvalue weighted by Crippen LogP contribution is -2.22. The molecule has 1 aliphatic heterocycles. The van der Waals surface area contributed by atoms with Crippen molar-refractivity contribution in [2.45, 2.75) is 12.5 Å². The summed E-state index contributed by atoms with van der Waals surface area (Å²) in [6.07, 6.45) is 0.345. The number of para-hydroxylation sites is 1. The summed E-state index contributed by atoms with van der Waals surface area (Å²) in [4.78, 5) is 2.52. The number of nitrogens with zero attached hydrogens (tertiary/aromatic N) is 1. The predicted octanol–water partition coefficient (Wildman–Crippen LogP) is 4.23. The summed E-state index contributed by atoms with van der Waals surface area (Å²) < 4.78 is 59.1. The minimum Gasteiger partial charge on any atom is -0.492 e. The largest absolute Gasteiger partial charge is 0.492 e. The maximum absolute atomic E-state index is 13.7. The van der Waals surface area contributed by atoms with E-state index in [-0.39, 0.29) is 6.61 Å².